The topological polar surface area (TPSA) is 71.9 Å². The third kappa shape index (κ3) is 5.94. The van der Waals surface area contributed by atoms with Crippen molar-refractivity contribution in [2.24, 2.45) is 0 Å². The number of benzene rings is 1. The van der Waals surface area contributed by atoms with Gasteiger partial charge in [0.1, 0.15) is 13.1 Å². The first-order valence-corrected chi connectivity index (χ1v) is 8.66. The molecular weight excluding hydrogens is 306 g/mol. The van der Waals surface area contributed by atoms with Gasteiger partial charge in [-0.25, -0.2) is 0 Å². The number of hydrogen-bond acceptors (Lipinski definition) is 3. The van der Waals surface area contributed by atoms with E-state index in [-0.39, 0.29) is 0 Å². The second-order valence-electron chi connectivity index (χ2n) is 6.45. The molecule has 0 bridgehead atoms. The van der Waals surface area contributed by atoms with Gasteiger partial charge >= 0.3 is 11.8 Å². The van der Waals surface area contributed by atoms with Crippen molar-refractivity contribution in [1.29, 1.82) is 0 Å². The highest BCUT2D eigenvalue weighted by Crippen LogP contribution is 2.16. The van der Waals surface area contributed by atoms with Gasteiger partial charge in [0.05, 0.1) is 19.8 Å². The van der Waals surface area contributed by atoms with Crippen LogP contribution in [0.25, 0.3) is 0 Å². The van der Waals surface area contributed by atoms with Crippen LogP contribution >= 0.6 is 0 Å². The molecule has 2 amide bonds. The third-order valence-electron chi connectivity index (χ3n) is 4.23. The molecule has 0 aromatic heterocycles. The Morgan fingerprint density at radius 1 is 1.12 bits per heavy atom. The predicted octanol–water partition coefficient (Wildman–Crippen LogP) is 0.170. The van der Waals surface area contributed by atoms with E-state index in [1.165, 1.54) is 10.5 Å². The van der Waals surface area contributed by atoms with Crippen LogP contribution in [0, 0.1) is 0 Å². The minimum atomic E-state index is -0.619. The van der Waals surface area contributed by atoms with Crippen LogP contribution < -0.4 is 15.5 Å². The molecule has 1 fully saturated rings. The van der Waals surface area contributed by atoms with Crippen molar-refractivity contribution < 1.29 is 19.2 Å². The summed E-state index contributed by atoms with van der Waals surface area (Å²) in [7, 11) is 0. The van der Waals surface area contributed by atoms with E-state index in [4.69, 9.17) is 4.74 Å². The molecule has 1 aliphatic rings. The third-order valence-corrected chi connectivity index (χ3v) is 4.23. The molecule has 1 aromatic carbocycles. The Balaban J connectivity index is 1.67. The van der Waals surface area contributed by atoms with Gasteiger partial charge in [0.25, 0.3) is 0 Å². The summed E-state index contributed by atoms with van der Waals surface area (Å²) in [5.41, 5.74) is 1.83. The summed E-state index contributed by atoms with van der Waals surface area (Å²) in [5, 5.41) is 5.30. The zero-order valence-corrected chi connectivity index (χ0v) is 14.6. The Morgan fingerprint density at radius 3 is 2.42 bits per heavy atom. The molecule has 0 radical (unpaired) electrons. The van der Waals surface area contributed by atoms with Crippen LogP contribution in [0.1, 0.15) is 31.7 Å². The Bertz CT molecular complexity index is 537. The Hall–Kier alpha value is -1.92. The molecule has 0 unspecified atom stereocenters. The Labute approximate surface area is 143 Å². The molecule has 3 N–H and O–H groups in total. The minimum Gasteiger partial charge on any atom is -0.370 e. The van der Waals surface area contributed by atoms with Gasteiger partial charge in [-0.05, 0) is 23.6 Å². The second kappa shape index (κ2) is 9.39. The van der Waals surface area contributed by atoms with Crippen LogP contribution in [-0.4, -0.2) is 51.2 Å². The summed E-state index contributed by atoms with van der Waals surface area (Å²) >= 11 is 0. The molecule has 24 heavy (non-hydrogen) atoms. The maximum atomic E-state index is 11.9. The Morgan fingerprint density at radius 2 is 1.79 bits per heavy atom. The molecule has 0 saturated carbocycles. The lowest BCUT2D eigenvalue weighted by Crippen LogP contribution is -3.14. The molecule has 1 saturated heterocycles. The molecule has 132 valence electrons. The molecule has 0 atom stereocenters. The first-order valence-electron chi connectivity index (χ1n) is 8.66. The van der Waals surface area contributed by atoms with E-state index in [2.05, 4.69) is 24.5 Å². The maximum Gasteiger partial charge on any atom is 0.313 e. The van der Waals surface area contributed by atoms with Crippen LogP contribution in [0.2, 0.25) is 0 Å². The zero-order valence-electron chi connectivity index (χ0n) is 14.6. The fourth-order valence-corrected chi connectivity index (χ4v) is 2.67. The van der Waals surface area contributed by atoms with E-state index in [9.17, 15) is 9.59 Å². The molecule has 1 aromatic rings. The van der Waals surface area contributed by atoms with E-state index in [1.54, 1.807) is 0 Å². The summed E-state index contributed by atoms with van der Waals surface area (Å²) in [6.45, 7) is 9.37. The normalized spacial score (nSPS) is 15.3. The van der Waals surface area contributed by atoms with E-state index in [1.807, 2.05) is 24.3 Å². The van der Waals surface area contributed by atoms with Gasteiger partial charge in [-0.3, -0.25) is 9.59 Å². The number of amides is 2. The number of carbonyl (C=O) groups is 2. The van der Waals surface area contributed by atoms with Crippen molar-refractivity contribution in [2.45, 2.75) is 26.2 Å². The molecule has 6 heteroatoms. The Kier molecular flexibility index (Phi) is 7.21. The first-order chi connectivity index (χ1) is 11.6. The van der Waals surface area contributed by atoms with Crippen LogP contribution in [0.4, 0.5) is 5.69 Å². The second-order valence-corrected chi connectivity index (χ2v) is 6.45. The van der Waals surface area contributed by atoms with E-state index in [0.29, 0.717) is 18.2 Å². The van der Waals surface area contributed by atoms with Gasteiger partial charge in [0, 0.05) is 18.7 Å². The fourth-order valence-electron chi connectivity index (χ4n) is 2.67. The van der Waals surface area contributed by atoms with E-state index >= 15 is 0 Å². The molecule has 2 rings (SSSR count). The number of anilines is 1. The smallest absolute Gasteiger partial charge is 0.313 e. The van der Waals surface area contributed by atoms with Gasteiger partial charge in [0.2, 0.25) is 0 Å². The van der Waals surface area contributed by atoms with Gasteiger partial charge in [0.15, 0.2) is 0 Å². The average Bonchev–Trinajstić information content (AvgIpc) is 2.60. The molecule has 0 spiro atoms. The highest BCUT2D eigenvalue weighted by atomic mass is 16.5. The summed E-state index contributed by atoms with van der Waals surface area (Å²) in [4.78, 5) is 25.2. The van der Waals surface area contributed by atoms with Crippen molar-refractivity contribution >= 4 is 17.5 Å². The van der Waals surface area contributed by atoms with Gasteiger partial charge in [-0.1, -0.05) is 26.0 Å². The van der Waals surface area contributed by atoms with Crippen molar-refractivity contribution in [3.8, 4) is 0 Å². The van der Waals surface area contributed by atoms with Crippen LogP contribution in [-0.2, 0) is 14.3 Å². The zero-order chi connectivity index (χ0) is 17.4. The quantitative estimate of drug-likeness (QED) is 0.513. The van der Waals surface area contributed by atoms with Crippen LogP contribution in [0.5, 0.6) is 0 Å². The van der Waals surface area contributed by atoms with Crippen LogP contribution in [0.3, 0.4) is 0 Å². The average molecular weight is 334 g/mol. The molecule has 0 aliphatic carbocycles. The highest BCUT2D eigenvalue weighted by Gasteiger charge is 2.15. The standard InChI is InChI=1S/C18H27N3O3/c1-14(2)15-4-6-16(7-5-15)20-18(23)17(22)19-8-3-9-21-10-12-24-13-11-21/h4-7,14H,3,8-13H2,1-2H3,(H,19,22)(H,20,23)/p+1. The molecule has 6 nitrogen and oxygen atoms in total. The molecule has 1 aliphatic heterocycles. The number of morpholine rings is 1. The number of rotatable bonds is 6. The lowest BCUT2D eigenvalue weighted by Gasteiger charge is -2.23. The number of ether oxygens (including phenoxy) is 1. The minimum absolute atomic E-state index is 0.437. The number of hydrogen-bond donors (Lipinski definition) is 3. The van der Waals surface area contributed by atoms with Crippen LogP contribution in [0.15, 0.2) is 24.3 Å². The lowest BCUT2D eigenvalue weighted by molar-refractivity contribution is -0.908. The van der Waals surface area contributed by atoms with Crippen molar-refractivity contribution in [2.75, 3.05) is 44.7 Å². The summed E-state index contributed by atoms with van der Waals surface area (Å²) < 4.78 is 5.31. The fraction of sp³-hybridized carbons (Fsp3) is 0.556. The van der Waals surface area contributed by atoms with Gasteiger partial charge < -0.3 is 20.3 Å². The SMILES string of the molecule is CC(C)c1ccc(NC(=O)C(=O)NCCC[NH+]2CCOCC2)cc1. The van der Waals surface area contributed by atoms with Crippen molar-refractivity contribution in [1.82, 2.24) is 5.32 Å². The summed E-state index contributed by atoms with van der Waals surface area (Å²) in [6.07, 6.45) is 0.859. The van der Waals surface area contributed by atoms with Gasteiger partial charge in [-0.2, -0.15) is 0 Å². The number of nitrogens with one attached hydrogen (secondary N) is 3. The van der Waals surface area contributed by atoms with E-state index in [0.717, 1.165) is 39.3 Å². The predicted molar refractivity (Wildman–Crippen MR) is 93.2 cm³/mol. The van der Waals surface area contributed by atoms with E-state index < -0.39 is 11.8 Å². The number of carbonyl (C=O) groups excluding carboxylic acids is 2. The first kappa shape index (κ1) is 18.4. The maximum absolute atomic E-state index is 11.9. The summed E-state index contributed by atoms with van der Waals surface area (Å²) in [6, 6.07) is 7.57. The largest absolute Gasteiger partial charge is 0.370 e. The molecule has 1 heterocycles. The monoisotopic (exact) mass is 334 g/mol. The van der Waals surface area contributed by atoms with Gasteiger partial charge in [-0.15, -0.1) is 0 Å². The number of quaternary nitrogens is 1. The van der Waals surface area contributed by atoms with Crippen molar-refractivity contribution in [3.05, 3.63) is 29.8 Å². The van der Waals surface area contributed by atoms with Crippen molar-refractivity contribution in [3.63, 3.8) is 0 Å². The highest BCUT2D eigenvalue weighted by molar-refractivity contribution is 6.39. The molecular formula is C18H28N3O3+. The lowest BCUT2D eigenvalue weighted by atomic mass is 10.0. The summed E-state index contributed by atoms with van der Waals surface area (Å²) in [5.74, 6) is -0.766.